The second-order valence-corrected chi connectivity index (χ2v) is 7.81. The lowest BCUT2D eigenvalue weighted by molar-refractivity contribution is 0.400. The maximum Gasteiger partial charge on any atom is 0.172 e. The Labute approximate surface area is 177 Å². The highest BCUT2D eigenvalue weighted by Gasteiger charge is 2.24. The average Bonchev–Trinajstić information content (AvgIpc) is 3.20. The Bertz CT molecular complexity index is 1410. The van der Waals surface area contributed by atoms with E-state index >= 15 is 4.39 Å². The van der Waals surface area contributed by atoms with Crippen LogP contribution in [0.1, 0.15) is 31.0 Å². The van der Waals surface area contributed by atoms with Crippen LogP contribution in [0.25, 0.3) is 27.8 Å². The van der Waals surface area contributed by atoms with E-state index in [1.807, 2.05) is 42.6 Å². The van der Waals surface area contributed by atoms with E-state index in [2.05, 4.69) is 29.7 Å². The summed E-state index contributed by atoms with van der Waals surface area (Å²) in [5.74, 6) is 1.69. The number of rotatable bonds is 4. The zero-order chi connectivity index (χ0) is 20.8. The van der Waals surface area contributed by atoms with Crippen LogP contribution in [-0.4, -0.2) is 24.3 Å². The molecular weight excluding hydrogens is 391 g/mol. The summed E-state index contributed by atoms with van der Waals surface area (Å²) in [7, 11) is 0. The number of hydrogen-bond donors (Lipinski definition) is 1. The molecule has 1 fully saturated rings. The first-order valence-electron chi connectivity index (χ1n) is 10.4. The van der Waals surface area contributed by atoms with Gasteiger partial charge in [0.25, 0.3) is 0 Å². The minimum atomic E-state index is -0.419. The third-order valence-corrected chi connectivity index (χ3v) is 5.94. The van der Waals surface area contributed by atoms with E-state index in [0.29, 0.717) is 34.3 Å². The van der Waals surface area contributed by atoms with Crippen molar-refractivity contribution >= 4 is 27.9 Å². The predicted molar refractivity (Wildman–Crippen MR) is 118 cm³/mol. The van der Waals surface area contributed by atoms with Gasteiger partial charge in [0, 0.05) is 29.9 Å². The summed E-state index contributed by atoms with van der Waals surface area (Å²) in [5.41, 5.74) is 2.79. The Morgan fingerprint density at radius 1 is 0.935 bits per heavy atom. The number of pyridine rings is 2. The van der Waals surface area contributed by atoms with Crippen LogP contribution in [0.5, 0.6) is 0 Å². The first-order chi connectivity index (χ1) is 15.3. The fourth-order valence-corrected chi connectivity index (χ4v) is 4.05. The largest absolute Gasteiger partial charge is 0.336 e. The summed E-state index contributed by atoms with van der Waals surface area (Å²) in [6.07, 6.45) is 10.7. The number of nitrogens with zero attached hydrogens (tertiary/aromatic N) is 5. The third kappa shape index (κ3) is 3.01. The number of benzene rings is 1. The molecule has 0 spiro atoms. The molecule has 31 heavy (non-hydrogen) atoms. The zero-order valence-corrected chi connectivity index (χ0v) is 16.7. The van der Waals surface area contributed by atoms with Crippen LogP contribution < -0.4 is 5.32 Å². The Kier molecular flexibility index (Phi) is 4.12. The summed E-state index contributed by atoms with van der Waals surface area (Å²) in [6.45, 7) is 0. The van der Waals surface area contributed by atoms with Gasteiger partial charge in [0.2, 0.25) is 0 Å². The summed E-state index contributed by atoms with van der Waals surface area (Å²) in [5, 5.41) is 3.88. The Hall–Kier alpha value is -3.87. The minimum Gasteiger partial charge on any atom is -0.336 e. The summed E-state index contributed by atoms with van der Waals surface area (Å²) < 4.78 is 17.5. The van der Waals surface area contributed by atoms with Gasteiger partial charge in [-0.15, -0.1) is 0 Å². The molecule has 7 heteroatoms. The van der Waals surface area contributed by atoms with Crippen LogP contribution in [0, 0.1) is 5.82 Å². The number of halogens is 1. The van der Waals surface area contributed by atoms with Crippen LogP contribution in [0.3, 0.4) is 0 Å². The van der Waals surface area contributed by atoms with E-state index in [0.717, 1.165) is 29.6 Å². The lowest BCUT2D eigenvalue weighted by Crippen LogP contribution is -2.12. The van der Waals surface area contributed by atoms with E-state index in [-0.39, 0.29) is 0 Å². The molecule has 1 N–H and O–H groups in total. The highest BCUT2D eigenvalue weighted by molar-refractivity contribution is 5.87. The molecule has 4 aromatic heterocycles. The van der Waals surface area contributed by atoms with Crippen molar-refractivity contribution in [3.8, 4) is 11.4 Å². The molecule has 0 atom stereocenters. The van der Waals surface area contributed by atoms with Crippen LogP contribution in [0.2, 0.25) is 0 Å². The molecule has 1 aliphatic carbocycles. The van der Waals surface area contributed by atoms with Gasteiger partial charge in [0.15, 0.2) is 11.6 Å². The second-order valence-electron chi connectivity index (χ2n) is 7.81. The topological polar surface area (TPSA) is 68.0 Å². The van der Waals surface area contributed by atoms with Gasteiger partial charge in [-0.2, -0.15) is 0 Å². The van der Waals surface area contributed by atoms with Crippen molar-refractivity contribution in [3.05, 3.63) is 78.9 Å². The van der Waals surface area contributed by atoms with Gasteiger partial charge in [0.1, 0.15) is 16.9 Å². The fraction of sp³-hybridized carbons (Fsp3) is 0.167. The van der Waals surface area contributed by atoms with Gasteiger partial charge in [-0.1, -0.05) is 24.6 Å². The lowest BCUT2D eigenvalue weighted by atomic mass is 9.85. The van der Waals surface area contributed by atoms with Crippen molar-refractivity contribution in [3.63, 3.8) is 0 Å². The molecule has 1 aliphatic rings. The first kappa shape index (κ1) is 17.9. The highest BCUT2D eigenvalue weighted by atomic mass is 19.1. The summed E-state index contributed by atoms with van der Waals surface area (Å²) in [4.78, 5) is 17.9. The monoisotopic (exact) mass is 410 g/mol. The molecule has 1 aromatic carbocycles. The van der Waals surface area contributed by atoms with Crippen LogP contribution in [0.15, 0.2) is 67.3 Å². The normalized spacial score (nSPS) is 14.1. The number of anilines is 2. The van der Waals surface area contributed by atoms with Crippen molar-refractivity contribution < 1.29 is 4.39 Å². The van der Waals surface area contributed by atoms with Gasteiger partial charge < -0.3 is 5.32 Å². The lowest BCUT2D eigenvalue weighted by Gasteiger charge is -2.24. The second kappa shape index (κ2) is 7.12. The van der Waals surface area contributed by atoms with Gasteiger partial charge in [-0.05, 0) is 37.1 Å². The number of fused-ring (bicyclic) bond motifs is 2. The van der Waals surface area contributed by atoms with E-state index in [1.54, 1.807) is 24.7 Å². The van der Waals surface area contributed by atoms with Crippen molar-refractivity contribution in [2.24, 2.45) is 0 Å². The number of hydrogen-bond acceptors (Lipinski definition) is 5. The maximum atomic E-state index is 15.5. The molecule has 1 saturated carbocycles. The van der Waals surface area contributed by atoms with Crippen molar-refractivity contribution in [2.45, 2.75) is 25.2 Å². The molecule has 152 valence electrons. The van der Waals surface area contributed by atoms with Gasteiger partial charge in [-0.3, -0.25) is 9.38 Å². The van der Waals surface area contributed by atoms with Crippen LogP contribution >= 0.6 is 0 Å². The molecule has 4 heterocycles. The molecule has 6 rings (SSSR count). The van der Waals surface area contributed by atoms with Crippen LogP contribution in [0.4, 0.5) is 15.9 Å². The Balaban J connectivity index is 1.41. The Morgan fingerprint density at radius 3 is 2.65 bits per heavy atom. The van der Waals surface area contributed by atoms with E-state index in [4.69, 9.17) is 0 Å². The highest BCUT2D eigenvalue weighted by Crippen LogP contribution is 2.36. The molecule has 0 amide bonds. The summed E-state index contributed by atoms with van der Waals surface area (Å²) >= 11 is 0. The minimum absolute atomic E-state index is 0.295. The van der Waals surface area contributed by atoms with E-state index in [1.165, 1.54) is 6.42 Å². The van der Waals surface area contributed by atoms with Crippen LogP contribution in [-0.2, 0) is 0 Å². The zero-order valence-electron chi connectivity index (χ0n) is 16.7. The van der Waals surface area contributed by atoms with Gasteiger partial charge in [0.05, 0.1) is 23.3 Å². The molecule has 0 aliphatic heterocycles. The molecular formula is C24H19FN6. The average molecular weight is 410 g/mol. The summed E-state index contributed by atoms with van der Waals surface area (Å²) in [6, 6.07) is 12.9. The Morgan fingerprint density at radius 2 is 1.84 bits per heavy atom. The fourth-order valence-electron chi connectivity index (χ4n) is 4.05. The van der Waals surface area contributed by atoms with Gasteiger partial charge in [-0.25, -0.2) is 19.3 Å². The molecule has 0 saturated heterocycles. The van der Waals surface area contributed by atoms with Crippen molar-refractivity contribution in [1.29, 1.82) is 0 Å². The van der Waals surface area contributed by atoms with E-state index < -0.39 is 5.82 Å². The van der Waals surface area contributed by atoms with Gasteiger partial charge >= 0.3 is 0 Å². The molecule has 6 nitrogen and oxygen atoms in total. The molecule has 5 aromatic rings. The molecule has 0 bridgehead atoms. The predicted octanol–water partition coefficient (Wildman–Crippen LogP) is 5.49. The number of aromatic nitrogens is 5. The van der Waals surface area contributed by atoms with E-state index in [9.17, 15) is 0 Å². The standard InChI is InChI=1S/C24H19FN6/c25-21-19(10-8-15-7-9-18(29-22(15)21)17-6-1-2-11-26-17)30-23-20-14-28-24(16-4-3-5-16)31(20)13-12-27-23/h1-2,6-14,16H,3-5H2,(H,27,30). The van der Waals surface area contributed by atoms with Crippen molar-refractivity contribution in [2.75, 3.05) is 5.32 Å². The molecule has 0 unspecified atom stereocenters. The third-order valence-electron chi connectivity index (χ3n) is 5.94. The number of nitrogens with one attached hydrogen (secondary N) is 1. The smallest absolute Gasteiger partial charge is 0.172 e. The SMILES string of the molecule is Fc1c(Nc2nccn3c(C4CCC4)ncc23)ccc2ccc(-c3ccccn3)nc12. The van der Waals surface area contributed by atoms with Crippen molar-refractivity contribution in [1.82, 2.24) is 24.3 Å². The molecule has 0 radical (unpaired) electrons. The first-order valence-corrected chi connectivity index (χ1v) is 10.4. The number of imidazole rings is 1. The maximum absolute atomic E-state index is 15.5. The quantitative estimate of drug-likeness (QED) is 0.424.